The van der Waals surface area contributed by atoms with Crippen molar-refractivity contribution in [1.29, 1.82) is 0 Å². The van der Waals surface area contributed by atoms with Crippen LogP contribution in [-0.2, 0) is 6.42 Å². The van der Waals surface area contributed by atoms with Crippen LogP contribution in [0.3, 0.4) is 0 Å². The lowest BCUT2D eigenvalue weighted by atomic mass is 9.71. The van der Waals surface area contributed by atoms with Gasteiger partial charge in [-0.15, -0.1) is 0 Å². The number of nitrogens with zero attached hydrogens (tertiary/aromatic N) is 1. The van der Waals surface area contributed by atoms with E-state index >= 15 is 0 Å². The molecule has 0 saturated carbocycles. The summed E-state index contributed by atoms with van der Waals surface area (Å²) in [5, 5.41) is 1.17. The minimum absolute atomic E-state index is 0.0396. The predicted molar refractivity (Wildman–Crippen MR) is 81.6 cm³/mol. The molecular formula is C18H16N2. The molecule has 0 radical (unpaired) electrons. The van der Waals surface area contributed by atoms with Gasteiger partial charge in [-0.2, -0.15) is 0 Å². The fourth-order valence-corrected chi connectivity index (χ4v) is 3.25. The standard InChI is InChI=1S/C18H16N2/c19-18(16-11-12-5-1-2-6-13(12)16)15-7-3-9-17-14(15)8-4-10-20-17/h1-10,16,18H,11,19H2. The molecule has 20 heavy (non-hydrogen) atoms. The molecule has 0 spiro atoms. The first-order chi connectivity index (χ1) is 9.84. The molecule has 1 aliphatic carbocycles. The summed E-state index contributed by atoms with van der Waals surface area (Å²) in [5.74, 6) is 0.428. The smallest absolute Gasteiger partial charge is 0.0705 e. The molecule has 3 aromatic rings. The van der Waals surface area contributed by atoms with Gasteiger partial charge in [0.2, 0.25) is 0 Å². The van der Waals surface area contributed by atoms with Gasteiger partial charge in [-0.1, -0.05) is 42.5 Å². The third-order valence-corrected chi connectivity index (χ3v) is 4.37. The Morgan fingerprint density at radius 3 is 2.80 bits per heavy atom. The molecule has 0 amide bonds. The van der Waals surface area contributed by atoms with Gasteiger partial charge in [0.15, 0.2) is 0 Å². The van der Waals surface area contributed by atoms with Crippen molar-refractivity contribution in [1.82, 2.24) is 4.98 Å². The molecule has 1 aliphatic rings. The van der Waals surface area contributed by atoms with Gasteiger partial charge >= 0.3 is 0 Å². The highest BCUT2D eigenvalue weighted by Crippen LogP contribution is 2.43. The molecule has 2 unspecified atom stereocenters. The van der Waals surface area contributed by atoms with Crippen molar-refractivity contribution in [3.63, 3.8) is 0 Å². The zero-order valence-corrected chi connectivity index (χ0v) is 11.2. The van der Waals surface area contributed by atoms with Crippen LogP contribution in [0.15, 0.2) is 60.8 Å². The van der Waals surface area contributed by atoms with Crippen LogP contribution in [0.2, 0.25) is 0 Å². The van der Waals surface area contributed by atoms with Crippen molar-refractivity contribution in [2.45, 2.75) is 18.4 Å². The van der Waals surface area contributed by atoms with Crippen molar-refractivity contribution >= 4 is 10.9 Å². The van der Waals surface area contributed by atoms with E-state index in [0.29, 0.717) is 5.92 Å². The van der Waals surface area contributed by atoms with E-state index in [9.17, 15) is 0 Å². The summed E-state index contributed by atoms with van der Waals surface area (Å²) in [6.07, 6.45) is 2.91. The molecule has 0 aliphatic heterocycles. The Labute approximate surface area is 118 Å². The Balaban J connectivity index is 1.77. The second-order valence-electron chi connectivity index (χ2n) is 5.45. The molecular weight excluding hydrogens is 244 g/mol. The van der Waals surface area contributed by atoms with E-state index in [1.807, 2.05) is 18.3 Å². The molecule has 2 aromatic carbocycles. The number of pyridine rings is 1. The lowest BCUT2D eigenvalue weighted by molar-refractivity contribution is 0.502. The molecule has 4 rings (SSSR count). The van der Waals surface area contributed by atoms with Crippen LogP contribution in [0.4, 0.5) is 0 Å². The van der Waals surface area contributed by atoms with Crippen molar-refractivity contribution in [2.75, 3.05) is 0 Å². The second-order valence-corrected chi connectivity index (χ2v) is 5.45. The zero-order valence-electron chi connectivity index (χ0n) is 11.2. The van der Waals surface area contributed by atoms with Gasteiger partial charge in [-0.05, 0) is 35.2 Å². The number of benzene rings is 2. The normalized spacial score (nSPS) is 18.4. The quantitative estimate of drug-likeness (QED) is 0.765. The van der Waals surface area contributed by atoms with Gasteiger partial charge in [0.25, 0.3) is 0 Å². The maximum atomic E-state index is 6.55. The Morgan fingerprint density at radius 2 is 1.90 bits per heavy atom. The van der Waals surface area contributed by atoms with Crippen LogP contribution in [0.5, 0.6) is 0 Å². The second kappa shape index (κ2) is 4.43. The maximum absolute atomic E-state index is 6.55. The van der Waals surface area contributed by atoms with Gasteiger partial charge in [-0.3, -0.25) is 4.98 Å². The largest absolute Gasteiger partial charge is 0.323 e. The molecule has 0 saturated heterocycles. The number of hydrogen-bond donors (Lipinski definition) is 1. The van der Waals surface area contributed by atoms with Crippen LogP contribution < -0.4 is 5.73 Å². The summed E-state index contributed by atoms with van der Waals surface area (Å²) in [7, 11) is 0. The van der Waals surface area contributed by atoms with E-state index in [1.54, 1.807) is 0 Å². The fourth-order valence-electron chi connectivity index (χ4n) is 3.25. The first-order valence-electron chi connectivity index (χ1n) is 7.01. The summed E-state index contributed by atoms with van der Waals surface area (Å²) in [5.41, 5.74) is 11.6. The van der Waals surface area contributed by atoms with Gasteiger partial charge in [0.1, 0.15) is 0 Å². The first kappa shape index (κ1) is 11.6. The summed E-state index contributed by atoms with van der Waals surface area (Å²) >= 11 is 0. The molecule has 0 fully saturated rings. The van der Waals surface area contributed by atoms with Gasteiger partial charge in [0, 0.05) is 23.5 Å². The summed E-state index contributed by atoms with van der Waals surface area (Å²) in [4.78, 5) is 4.42. The maximum Gasteiger partial charge on any atom is 0.0705 e. The Bertz CT molecular complexity index is 774. The number of fused-ring (bicyclic) bond motifs is 2. The van der Waals surface area contributed by atoms with E-state index in [2.05, 4.69) is 47.4 Å². The minimum atomic E-state index is 0.0396. The predicted octanol–water partition coefficient (Wildman–Crippen LogP) is 3.57. The Hall–Kier alpha value is -2.19. The molecule has 2 N–H and O–H groups in total. The highest BCUT2D eigenvalue weighted by molar-refractivity contribution is 5.82. The minimum Gasteiger partial charge on any atom is -0.323 e. The van der Waals surface area contributed by atoms with Crippen molar-refractivity contribution in [3.8, 4) is 0 Å². The van der Waals surface area contributed by atoms with Gasteiger partial charge in [0.05, 0.1) is 5.52 Å². The van der Waals surface area contributed by atoms with Crippen LogP contribution >= 0.6 is 0 Å². The van der Waals surface area contributed by atoms with Gasteiger partial charge < -0.3 is 5.73 Å². The van der Waals surface area contributed by atoms with E-state index in [-0.39, 0.29) is 6.04 Å². The molecule has 0 bridgehead atoms. The molecule has 1 aromatic heterocycles. The lowest BCUT2D eigenvalue weighted by Crippen LogP contribution is -2.29. The highest BCUT2D eigenvalue weighted by Gasteiger charge is 2.32. The molecule has 2 nitrogen and oxygen atoms in total. The molecule has 2 heteroatoms. The van der Waals surface area contributed by atoms with E-state index in [0.717, 1.165) is 11.9 Å². The Morgan fingerprint density at radius 1 is 1.00 bits per heavy atom. The summed E-state index contributed by atoms with van der Waals surface area (Å²) in [6, 6.07) is 19.0. The molecule has 98 valence electrons. The van der Waals surface area contributed by atoms with Crippen molar-refractivity contribution in [3.05, 3.63) is 77.5 Å². The third kappa shape index (κ3) is 1.65. The molecule has 2 atom stereocenters. The average Bonchev–Trinajstić information content (AvgIpc) is 2.48. The summed E-state index contributed by atoms with van der Waals surface area (Å²) in [6.45, 7) is 0. The first-order valence-corrected chi connectivity index (χ1v) is 7.01. The van der Waals surface area contributed by atoms with Gasteiger partial charge in [-0.25, -0.2) is 0 Å². The monoisotopic (exact) mass is 260 g/mol. The van der Waals surface area contributed by atoms with Crippen LogP contribution in [-0.4, -0.2) is 4.98 Å². The van der Waals surface area contributed by atoms with Crippen LogP contribution in [0.1, 0.15) is 28.7 Å². The fraction of sp³-hybridized carbons (Fsp3) is 0.167. The van der Waals surface area contributed by atoms with Crippen molar-refractivity contribution < 1.29 is 0 Å². The topological polar surface area (TPSA) is 38.9 Å². The average molecular weight is 260 g/mol. The SMILES string of the molecule is NC(c1cccc2ncccc12)C1Cc2ccccc21. The van der Waals surface area contributed by atoms with Crippen LogP contribution in [0, 0.1) is 0 Å². The van der Waals surface area contributed by atoms with E-state index in [4.69, 9.17) is 5.73 Å². The van der Waals surface area contributed by atoms with Crippen LogP contribution in [0.25, 0.3) is 10.9 Å². The number of hydrogen-bond acceptors (Lipinski definition) is 2. The van der Waals surface area contributed by atoms with E-state index in [1.165, 1.54) is 22.1 Å². The van der Waals surface area contributed by atoms with E-state index < -0.39 is 0 Å². The number of rotatable bonds is 2. The summed E-state index contributed by atoms with van der Waals surface area (Å²) < 4.78 is 0. The number of aromatic nitrogens is 1. The van der Waals surface area contributed by atoms with Crippen molar-refractivity contribution in [2.24, 2.45) is 5.73 Å². The lowest BCUT2D eigenvalue weighted by Gasteiger charge is -2.35. The zero-order chi connectivity index (χ0) is 13.5. The molecule has 1 heterocycles. The highest BCUT2D eigenvalue weighted by atomic mass is 14.7. The third-order valence-electron chi connectivity index (χ3n) is 4.37. The Kier molecular flexibility index (Phi) is 2.57. The number of nitrogens with two attached hydrogens (primary N) is 1.